The van der Waals surface area contributed by atoms with Crippen molar-refractivity contribution in [2.24, 2.45) is 0 Å². The van der Waals surface area contributed by atoms with Crippen LogP contribution in [0.4, 0.5) is 8.78 Å². The van der Waals surface area contributed by atoms with E-state index in [1.807, 2.05) is 6.07 Å². The summed E-state index contributed by atoms with van der Waals surface area (Å²) in [5.41, 5.74) is 1.18. The lowest BCUT2D eigenvalue weighted by Crippen LogP contribution is -2.39. The first kappa shape index (κ1) is 21.7. The van der Waals surface area contributed by atoms with Crippen LogP contribution in [0.25, 0.3) is 0 Å². The van der Waals surface area contributed by atoms with Gasteiger partial charge >= 0.3 is 11.9 Å². The molecule has 2 aromatic carbocycles. The van der Waals surface area contributed by atoms with E-state index in [2.05, 4.69) is 4.98 Å². The number of carboxylic acids is 1. The molecule has 1 atom stereocenters. The maximum Gasteiger partial charge on any atom is 0.382 e. The summed E-state index contributed by atoms with van der Waals surface area (Å²) in [6.45, 7) is 1.73. The maximum atomic E-state index is 14.6. The summed E-state index contributed by atoms with van der Waals surface area (Å²) >= 11 is 0. The molecule has 1 aromatic heterocycles. The van der Waals surface area contributed by atoms with E-state index in [4.69, 9.17) is 14.6 Å². The number of rotatable bonds is 8. The summed E-state index contributed by atoms with van der Waals surface area (Å²) in [7, 11) is 0. The second-order valence-corrected chi connectivity index (χ2v) is 6.70. The van der Waals surface area contributed by atoms with Crippen LogP contribution in [0.15, 0.2) is 67.0 Å². The van der Waals surface area contributed by atoms with E-state index >= 15 is 0 Å². The Morgan fingerprint density at radius 3 is 2.65 bits per heavy atom. The Morgan fingerprint density at radius 1 is 1.23 bits per heavy atom. The number of hydrogen-bond donors (Lipinski definition) is 1. The Kier molecular flexibility index (Phi) is 6.46. The van der Waals surface area contributed by atoms with Crippen LogP contribution in [0.2, 0.25) is 0 Å². The van der Waals surface area contributed by atoms with E-state index in [1.165, 1.54) is 30.3 Å². The second kappa shape index (κ2) is 9.22. The van der Waals surface area contributed by atoms with E-state index in [-0.39, 0.29) is 29.2 Å². The number of carboxylic acid groups (broad SMARTS) is 1. The van der Waals surface area contributed by atoms with E-state index in [1.54, 1.807) is 43.6 Å². The SMILES string of the molecule is Cc1ccccc1C(Oc1cc(OCc2cccnc2)ccc1C#N)C(F)(F)C(=O)O. The van der Waals surface area contributed by atoms with Crippen LogP contribution in [0.3, 0.4) is 0 Å². The summed E-state index contributed by atoms with van der Waals surface area (Å²) in [4.78, 5) is 15.3. The van der Waals surface area contributed by atoms with Gasteiger partial charge in [0.05, 0.1) is 5.56 Å². The van der Waals surface area contributed by atoms with Crippen molar-refractivity contribution in [1.82, 2.24) is 4.98 Å². The van der Waals surface area contributed by atoms with Gasteiger partial charge in [0, 0.05) is 29.6 Å². The van der Waals surface area contributed by atoms with Crippen molar-refractivity contribution in [2.45, 2.75) is 25.6 Å². The lowest BCUT2D eigenvalue weighted by molar-refractivity contribution is -0.180. The number of carbonyl (C=O) groups is 1. The fraction of sp³-hybridized carbons (Fsp3) is 0.174. The number of alkyl halides is 2. The highest BCUT2D eigenvalue weighted by atomic mass is 19.3. The molecule has 0 fully saturated rings. The third-order valence-electron chi connectivity index (χ3n) is 4.53. The highest BCUT2D eigenvalue weighted by Gasteiger charge is 2.51. The van der Waals surface area contributed by atoms with Crippen LogP contribution in [-0.2, 0) is 11.4 Å². The average molecular weight is 424 g/mol. The number of benzene rings is 2. The minimum absolute atomic E-state index is 0.000436. The molecule has 0 bridgehead atoms. The third-order valence-corrected chi connectivity index (χ3v) is 4.53. The molecule has 6 nitrogen and oxygen atoms in total. The first-order valence-electron chi connectivity index (χ1n) is 9.22. The number of nitriles is 1. The third kappa shape index (κ3) is 4.95. The molecule has 8 heteroatoms. The fourth-order valence-corrected chi connectivity index (χ4v) is 2.89. The normalized spacial score (nSPS) is 11.9. The number of pyridine rings is 1. The van der Waals surface area contributed by atoms with Crippen LogP contribution in [0.5, 0.6) is 11.5 Å². The number of ether oxygens (including phenoxy) is 2. The Hall–Kier alpha value is -3.99. The smallest absolute Gasteiger partial charge is 0.382 e. The molecule has 158 valence electrons. The summed E-state index contributed by atoms with van der Waals surface area (Å²) in [6.07, 6.45) is 1.08. The minimum Gasteiger partial charge on any atom is -0.489 e. The molecule has 0 saturated heterocycles. The summed E-state index contributed by atoms with van der Waals surface area (Å²) in [6, 6.07) is 15.7. The molecule has 3 aromatic rings. The van der Waals surface area contributed by atoms with Gasteiger partial charge in [0.1, 0.15) is 24.2 Å². The predicted octanol–water partition coefficient (Wildman–Crippen LogP) is 4.68. The zero-order chi connectivity index (χ0) is 22.4. The van der Waals surface area contributed by atoms with Crippen molar-refractivity contribution in [3.63, 3.8) is 0 Å². The molecule has 0 aliphatic rings. The maximum absolute atomic E-state index is 14.6. The standard InChI is InChI=1S/C23H18F2N2O4/c1-15-5-2-3-7-19(15)21(23(24,25)22(28)29)31-20-11-18(9-8-17(20)12-26)30-14-16-6-4-10-27-13-16/h2-11,13,21H,14H2,1H3,(H,28,29). The van der Waals surface area contributed by atoms with Gasteiger partial charge in [-0.05, 0) is 30.7 Å². The summed E-state index contributed by atoms with van der Waals surface area (Å²) in [5, 5.41) is 18.5. The Bertz CT molecular complexity index is 1110. The van der Waals surface area contributed by atoms with Crippen LogP contribution in [-0.4, -0.2) is 22.0 Å². The van der Waals surface area contributed by atoms with Gasteiger partial charge in [-0.15, -0.1) is 0 Å². The van der Waals surface area contributed by atoms with Crippen molar-refractivity contribution in [1.29, 1.82) is 5.26 Å². The largest absolute Gasteiger partial charge is 0.489 e. The Morgan fingerprint density at radius 2 is 2.00 bits per heavy atom. The lowest BCUT2D eigenvalue weighted by Gasteiger charge is -2.26. The predicted molar refractivity (Wildman–Crippen MR) is 107 cm³/mol. The molecule has 1 N–H and O–H groups in total. The molecule has 3 rings (SSSR count). The minimum atomic E-state index is -4.24. The molecule has 0 radical (unpaired) electrons. The molecule has 0 spiro atoms. The summed E-state index contributed by atoms with van der Waals surface area (Å²) in [5.74, 6) is -6.52. The highest BCUT2D eigenvalue weighted by Crippen LogP contribution is 2.39. The van der Waals surface area contributed by atoms with Gasteiger partial charge in [0.25, 0.3) is 0 Å². The van der Waals surface area contributed by atoms with E-state index in [0.717, 1.165) is 5.56 Å². The number of nitrogens with zero attached hydrogens (tertiary/aromatic N) is 2. The first-order chi connectivity index (χ1) is 14.8. The lowest BCUT2D eigenvalue weighted by atomic mass is 9.98. The van der Waals surface area contributed by atoms with Gasteiger partial charge in [-0.3, -0.25) is 4.98 Å². The van der Waals surface area contributed by atoms with Gasteiger partial charge in [-0.25, -0.2) is 4.79 Å². The van der Waals surface area contributed by atoms with Gasteiger partial charge in [-0.2, -0.15) is 14.0 Å². The molecule has 0 aliphatic carbocycles. The second-order valence-electron chi connectivity index (χ2n) is 6.70. The number of halogens is 2. The van der Waals surface area contributed by atoms with Crippen LogP contribution >= 0.6 is 0 Å². The van der Waals surface area contributed by atoms with Crippen molar-refractivity contribution in [2.75, 3.05) is 0 Å². The van der Waals surface area contributed by atoms with E-state index < -0.39 is 18.0 Å². The van der Waals surface area contributed by atoms with Crippen LogP contribution in [0.1, 0.15) is 28.4 Å². The van der Waals surface area contributed by atoms with Gasteiger partial charge < -0.3 is 14.6 Å². The highest BCUT2D eigenvalue weighted by molar-refractivity contribution is 5.76. The number of aliphatic carboxylic acids is 1. The van der Waals surface area contributed by atoms with E-state index in [9.17, 15) is 18.8 Å². The monoisotopic (exact) mass is 424 g/mol. The molecule has 0 saturated carbocycles. The van der Waals surface area contributed by atoms with Gasteiger partial charge in [-0.1, -0.05) is 30.3 Å². The van der Waals surface area contributed by atoms with Crippen molar-refractivity contribution < 1.29 is 28.2 Å². The van der Waals surface area contributed by atoms with Crippen LogP contribution in [0, 0.1) is 18.3 Å². The molecule has 1 heterocycles. The zero-order valence-electron chi connectivity index (χ0n) is 16.5. The first-order valence-corrected chi connectivity index (χ1v) is 9.22. The fourth-order valence-electron chi connectivity index (χ4n) is 2.89. The van der Waals surface area contributed by atoms with Gasteiger partial charge in [0.2, 0.25) is 0 Å². The van der Waals surface area contributed by atoms with Crippen molar-refractivity contribution in [3.8, 4) is 17.6 Å². The van der Waals surface area contributed by atoms with Gasteiger partial charge in [0.15, 0.2) is 6.10 Å². The molecular weight excluding hydrogens is 406 g/mol. The number of aryl methyl sites for hydroxylation is 1. The topological polar surface area (TPSA) is 92.4 Å². The molecular formula is C23H18F2N2O4. The average Bonchev–Trinajstić information content (AvgIpc) is 2.77. The van der Waals surface area contributed by atoms with Crippen LogP contribution < -0.4 is 9.47 Å². The Balaban J connectivity index is 1.95. The molecule has 0 amide bonds. The summed E-state index contributed by atoms with van der Waals surface area (Å²) < 4.78 is 40.4. The number of hydrogen-bond acceptors (Lipinski definition) is 5. The Labute approximate surface area is 177 Å². The quantitative estimate of drug-likeness (QED) is 0.564. The van der Waals surface area contributed by atoms with Crippen molar-refractivity contribution >= 4 is 5.97 Å². The molecule has 31 heavy (non-hydrogen) atoms. The molecule has 1 unspecified atom stereocenters. The number of aromatic nitrogens is 1. The van der Waals surface area contributed by atoms with E-state index in [0.29, 0.717) is 5.56 Å². The zero-order valence-corrected chi connectivity index (χ0v) is 16.5. The molecule has 0 aliphatic heterocycles. The van der Waals surface area contributed by atoms with Crippen molar-refractivity contribution in [3.05, 3.63) is 89.2 Å².